The van der Waals surface area contributed by atoms with Crippen molar-refractivity contribution in [2.75, 3.05) is 11.5 Å². The average Bonchev–Trinajstić information content (AvgIpc) is 3.56. The standard InChI is InChI=1S/C29H23ClN2O5S/c1-3-36-20-8-4-16(5-9-20)25-24(26(33)17-6-11-22-18(13-17)12-15(2)37-22)27(34)28(35)32(25)29-31-21-10-7-19(30)14-23(21)38-29/h4-11,13-15,25,33H,3,12H2,1-2H3/t15-,25-/m1/s1. The van der Waals surface area contributed by atoms with E-state index in [1.54, 1.807) is 54.6 Å². The molecule has 0 spiro atoms. The largest absolute Gasteiger partial charge is 0.507 e. The highest BCUT2D eigenvalue weighted by atomic mass is 35.5. The molecule has 0 bridgehead atoms. The molecular formula is C29H23ClN2O5S. The lowest BCUT2D eigenvalue weighted by Gasteiger charge is -2.23. The lowest BCUT2D eigenvalue weighted by molar-refractivity contribution is -0.132. The van der Waals surface area contributed by atoms with Crippen molar-refractivity contribution in [1.82, 2.24) is 4.98 Å². The second kappa shape index (κ2) is 9.45. The van der Waals surface area contributed by atoms with Crippen molar-refractivity contribution in [1.29, 1.82) is 0 Å². The van der Waals surface area contributed by atoms with Gasteiger partial charge in [0.25, 0.3) is 5.78 Å². The summed E-state index contributed by atoms with van der Waals surface area (Å²) in [6.07, 6.45) is 0.728. The number of rotatable bonds is 5. The van der Waals surface area contributed by atoms with Gasteiger partial charge in [0, 0.05) is 17.0 Å². The van der Waals surface area contributed by atoms with E-state index < -0.39 is 17.7 Å². The number of Topliss-reactive ketones (excluding diaryl/α,β-unsaturated/α-hetero) is 1. The fourth-order valence-electron chi connectivity index (χ4n) is 4.97. The molecule has 2 atom stereocenters. The number of benzene rings is 3. The van der Waals surface area contributed by atoms with E-state index in [1.807, 2.05) is 19.9 Å². The molecule has 3 aromatic carbocycles. The molecule has 6 rings (SSSR count). The Kier molecular flexibility index (Phi) is 6.08. The third-order valence-corrected chi connectivity index (χ3v) is 7.92. The number of ketones is 1. The molecule has 0 radical (unpaired) electrons. The van der Waals surface area contributed by atoms with Crippen molar-refractivity contribution < 1.29 is 24.2 Å². The molecule has 0 saturated carbocycles. The number of fused-ring (bicyclic) bond motifs is 2. The van der Waals surface area contributed by atoms with Crippen molar-refractivity contribution in [3.63, 3.8) is 0 Å². The first-order valence-electron chi connectivity index (χ1n) is 12.2. The van der Waals surface area contributed by atoms with Gasteiger partial charge in [0.15, 0.2) is 5.13 Å². The fourth-order valence-corrected chi connectivity index (χ4v) is 6.24. The van der Waals surface area contributed by atoms with Gasteiger partial charge in [-0.25, -0.2) is 4.98 Å². The van der Waals surface area contributed by atoms with Crippen LogP contribution in [0.3, 0.4) is 0 Å². The van der Waals surface area contributed by atoms with Crippen LogP contribution in [0.25, 0.3) is 16.0 Å². The molecule has 2 aliphatic rings. The number of aliphatic hydroxyl groups is 1. The van der Waals surface area contributed by atoms with Crippen LogP contribution < -0.4 is 14.4 Å². The van der Waals surface area contributed by atoms with Crippen LogP contribution in [-0.4, -0.2) is 34.5 Å². The zero-order valence-electron chi connectivity index (χ0n) is 20.6. The molecule has 1 N–H and O–H groups in total. The highest BCUT2D eigenvalue weighted by molar-refractivity contribution is 7.22. The normalized spacial score (nSPS) is 20.1. The number of aromatic nitrogens is 1. The Morgan fingerprint density at radius 2 is 1.95 bits per heavy atom. The number of carbonyl (C=O) groups is 2. The Balaban J connectivity index is 1.51. The lowest BCUT2D eigenvalue weighted by atomic mass is 9.94. The molecule has 9 heteroatoms. The minimum absolute atomic E-state index is 0.00311. The maximum Gasteiger partial charge on any atom is 0.301 e. The summed E-state index contributed by atoms with van der Waals surface area (Å²) in [5, 5.41) is 12.4. The third kappa shape index (κ3) is 4.10. The maximum absolute atomic E-state index is 13.5. The van der Waals surface area contributed by atoms with E-state index >= 15 is 0 Å². The van der Waals surface area contributed by atoms with Gasteiger partial charge >= 0.3 is 5.91 Å². The van der Waals surface area contributed by atoms with E-state index in [4.69, 9.17) is 21.1 Å². The van der Waals surface area contributed by atoms with Gasteiger partial charge in [-0.2, -0.15) is 0 Å². The van der Waals surface area contributed by atoms with Gasteiger partial charge in [0.05, 0.1) is 28.4 Å². The van der Waals surface area contributed by atoms with Crippen molar-refractivity contribution in [2.24, 2.45) is 0 Å². The van der Waals surface area contributed by atoms with Crippen LogP contribution in [-0.2, 0) is 16.0 Å². The van der Waals surface area contributed by atoms with E-state index in [9.17, 15) is 14.7 Å². The summed E-state index contributed by atoms with van der Waals surface area (Å²) in [5.74, 6) is -0.352. The number of amides is 1. The summed E-state index contributed by atoms with van der Waals surface area (Å²) >= 11 is 7.43. The van der Waals surface area contributed by atoms with Crippen LogP contribution >= 0.6 is 22.9 Å². The molecule has 0 unspecified atom stereocenters. The predicted octanol–water partition coefficient (Wildman–Crippen LogP) is 6.30. The van der Waals surface area contributed by atoms with E-state index in [0.717, 1.165) is 16.0 Å². The molecule has 38 heavy (non-hydrogen) atoms. The van der Waals surface area contributed by atoms with Crippen LogP contribution in [0.2, 0.25) is 5.02 Å². The molecule has 1 saturated heterocycles. The third-order valence-electron chi connectivity index (χ3n) is 6.67. The second-order valence-corrected chi connectivity index (χ2v) is 10.7. The van der Waals surface area contributed by atoms with Crippen LogP contribution in [0.15, 0.2) is 66.2 Å². The first kappa shape index (κ1) is 24.5. The summed E-state index contributed by atoms with van der Waals surface area (Å²) in [6.45, 7) is 4.37. The highest BCUT2D eigenvalue weighted by Crippen LogP contribution is 2.45. The lowest BCUT2D eigenvalue weighted by Crippen LogP contribution is -2.29. The summed E-state index contributed by atoms with van der Waals surface area (Å²) in [7, 11) is 0. The number of aliphatic hydroxyl groups excluding tert-OH is 1. The number of carbonyl (C=O) groups excluding carboxylic acids is 2. The highest BCUT2D eigenvalue weighted by Gasteiger charge is 2.48. The average molecular weight is 547 g/mol. The monoisotopic (exact) mass is 546 g/mol. The van der Waals surface area contributed by atoms with Gasteiger partial charge in [-0.05, 0) is 73.5 Å². The number of halogens is 1. The van der Waals surface area contributed by atoms with Gasteiger partial charge in [0.1, 0.15) is 23.4 Å². The Labute approximate surface area is 227 Å². The van der Waals surface area contributed by atoms with Gasteiger partial charge in [0.2, 0.25) is 0 Å². The van der Waals surface area contributed by atoms with Gasteiger partial charge in [-0.1, -0.05) is 35.1 Å². The van der Waals surface area contributed by atoms with E-state index in [0.29, 0.717) is 45.6 Å². The van der Waals surface area contributed by atoms with Gasteiger partial charge in [-0.15, -0.1) is 0 Å². The maximum atomic E-state index is 13.5. The number of nitrogens with zero attached hydrogens (tertiary/aromatic N) is 2. The summed E-state index contributed by atoms with van der Waals surface area (Å²) in [6, 6.07) is 16.8. The SMILES string of the molecule is CCOc1ccc([C@@H]2C(=C(O)c3ccc4c(c3)C[C@@H](C)O4)C(=O)C(=O)N2c2nc3ccc(Cl)cc3s2)cc1. The van der Waals surface area contributed by atoms with E-state index in [2.05, 4.69) is 4.98 Å². The van der Waals surface area contributed by atoms with Crippen molar-refractivity contribution in [3.05, 3.63) is 87.9 Å². The molecule has 1 amide bonds. The molecule has 192 valence electrons. The summed E-state index contributed by atoms with van der Waals surface area (Å²) in [4.78, 5) is 33.0. The number of anilines is 1. The Morgan fingerprint density at radius 1 is 1.16 bits per heavy atom. The molecule has 1 fully saturated rings. The topological polar surface area (TPSA) is 89.0 Å². The molecule has 2 aliphatic heterocycles. The Hall–Kier alpha value is -3.88. The number of ether oxygens (including phenoxy) is 2. The van der Waals surface area contributed by atoms with E-state index in [-0.39, 0.29) is 17.4 Å². The number of hydrogen-bond donors (Lipinski definition) is 1. The molecule has 1 aromatic heterocycles. The summed E-state index contributed by atoms with van der Waals surface area (Å²) < 4.78 is 12.1. The Morgan fingerprint density at radius 3 is 2.71 bits per heavy atom. The number of thiazole rings is 1. The second-order valence-electron chi connectivity index (χ2n) is 9.23. The summed E-state index contributed by atoms with van der Waals surface area (Å²) in [5.41, 5.74) is 2.70. The smallest absolute Gasteiger partial charge is 0.301 e. The molecule has 4 aromatic rings. The van der Waals surface area contributed by atoms with Gasteiger partial charge in [-0.3, -0.25) is 14.5 Å². The van der Waals surface area contributed by atoms with Gasteiger partial charge < -0.3 is 14.6 Å². The Bertz CT molecular complexity index is 1630. The molecular weight excluding hydrogens is 524 g/mol. The number of hydrogen-bond acceptors (Lipinski definition) is 7. The van der Waals surface area contributed by atoms with Crippen molar-refractivity contribution in [3.8, 4) is 11.5 Å². The quantitative estimate of drug-likeness (QED) is 0.179. The first-order valence-corrected chi connectivity index (χ1v) is 13.4. The van der Waals surface area contributed by atoms with Crippen LogP contribution in [0.1, 0.15) is 36.6 Å². The minimum atomic E-state index is -0.884. The van der Waals surface area contributed by atoms with Crippen LogP contribution in [0.5, 0.6) is 11.5 Å². The van der Waals surface area contributed by atoms with Crippen LogP contribution in [0, 0.1) is 0 Å². The molecule has 0 aliphatic carbocycles. The fraction of sp³-hybridized carbons (Fsp3) is 0.207. The van der Waals surface area contributed by atoms with E-state index in [1.165, 1.54) is 16.2 Å². The zero-order chi connectivity index (χ0) is 26.6. The molecule has 3 heterocycles. The zero-order valence-corrected chi connectivity index (χ0v) is 22.2. The molecule has 7 nitrogen and oxygen atoms in total. The predicted molar refractivity (Wildman–Crippen MR) is 147 cm³/mol. The van der Waals surface area contributed by atoms with Crippen molar-refractivity contribution >= 4 is 55.7 Å². The minimum Gasteiger partial charge on any atom is -0.507 e. The van der Waals surface area contributed by atoms with Crippen LogP contribution in [0.4, 0.5) is 5.13 Å². The first-order chi connectivity index (χ1) is 18.3. The van der Waals surface area contributed by atoms with Crippen molar-refractivity contribution in [2.45, 2.75) is 32.4 Å².